The Hall–Kier alpha value is -5.62. The molecule has 0 radical (unpaired) electrons. The van der Waals surface area contributed by atoms with Gasteiger partial charge >= 0.3 is 0 Å². The summed E-state index contributed by atoms with van der Waals surface area (Å²) in [4.78, 5) is 49.5. The summed E-state index contributed by atoms with van der Waals surface area (Å²) in [5.41, 5.74) is 8.18. The summed E-state index contributed by atoms with van der Waals surface area (Å²) in [7, 11) is 6.47. The van der Waals surface area contributed by atoms with Crippen molar-refractivity contribution in [3.8, 4) is 0 Å². The standard InChI is InChI=1S/C21H26FN5O2.C15H12ClFN4O2.C6H15N.ClH/c1-13-8-9-14(20(28)26-29-7)10-16(13)24-18-15(22)11-17(23-5)19(25-18)27(6)12-21(2,3)4;1-8-4-5-9(15(22)21-23-3)6-11(8)19-14-10(17)7-12(18-2)13(16)20-14;1-6(2,3)5-7-4;/h8-11H,12H2,1-4,6-7H3,(H,24,25)(H,26,28);4-7H,1,3H3,(H,19,20)(H,21,22);7H,5H2,1-4H3;1H. The van der Waals surface area contributed by atoms with Gasteiger partial charge in [-0.1, -0.05) is 65.3 Å². The number of hydroxylamine groups is 2. The van der Waals surface area contributed by atoms with E-state index in [0.717, 1.165) is 23.7 Å². The van der Waals surface area contributed by atoms with Gasteiger partial charge in [-0.3, -0.25) is 19.3 Å². The van der Waals surface area contributed by atoms with Crippen LogP contribution in [0.3, 0.4) is 0 Å². The van der Waals surface area contributed by atoms with E-state index in [1.54, 1.807) is 37.3 Å². The van der Waals surface area contributed by atoms with Crippen LogP contribution >= 0.6 is 24.0 Å². The number of nitrogens with one attached hydrogen (secondary N) is 5. The van der Waals surface area contributed by atoms with Crippen LogP contribution in [-0.4, -0.2) is 63.2 Å². The lowest BCUT2D eigenvalue weighted by molar-refractivity contribution is 0.0533. The quantitative estimate of drug-likeness (QED) is 0.0560. The minimum Gasteiger partial charge on any atom is -0.368 e. The van der Waals surface area contributed by atoms with E-state index in [2.05, 4.69) is 97.8 Å². The molecule has 60 heavy (non-hydrogen) atoms. The van der Waals surface area contributed by atoms with Gasteiger partial charge in [0.15, 0.2) is 23.3 Å². The number of nitrogens with zero attached hydrogens (tertiary/aromatic N) is 5. The van der Waals surface area contributed by atoms with Crippen molar-refractivity contribution in [1.29, 1.82) is 0 Å². The van der Waals surface area contributed by atoms with Crippen molar-refractivity contribution < 1.29 is 28.0 Å². The Morgan fingerprint density at radius 3 is 1.57 bits per heavy atom. The molecule has 0 unspecified atom stereocenters. The minimum atomic E-state index is -0.716. The van der Waals surface area contributed by atoms with Gasteiger partial charge in [0.2, 0.25) is 11.4 Å². The highest BCUT2D eigenvalue weighted by Crippen LogP contribution is 2.34. The van der Waals surface area contributed by atoms with Crippen molar-refractivity contribution in [3.05, 3.63) is 110 Å². The van der Waals surface area contributed by atoms with Gasteiger partial charge in [0.05, 0.1) is 27.4 Å². The van der Waals surface area contributed by atoms with Gasteiger partial charge in [0, 0.05) is 36.1 Å². The van der Waals surface area contributed by atoms with Crippen LogP contribution in [0.1, 0.15) is 73.4 Å². The lowest BCUT2D eigenvalue weighted by Crippen LogP contribution is -2.30. The van der Waals surface area contributed by atoms with Crippen LogP contribution in [0.15, 0.2) is 48.5 Å². The Labute approximate surface area is 362 Å². The summed E-state index contributed by atoms with van der Waals surface area (Å²) in [6, 6.07) is 12.0. The van der Waals surface area contributed by atoms with Crippen LogP contribution in [0.25, 0.3) is 9.69 Å². The molecule has 0 aliphatic carbocycles. The fourth-order valence-corrected chi connectivity index (χ4v) is 5.40. The van der Waals surface area contributed by atoms with E-state index in [9.17, 15) is 18.4 Å². The van der Waals surface area contributed by atoms with Gasteiger partial charge in [0.25, 0.3) is 11.8 Å². The third-order valence-electron chi connectivity index (χ3n) is 7.76. The molecule has 0 aliphatic heterocycles. The number of carbonyl (C=O) groups excluding carboxylic acids is 2. The number of anilines is 5. The molecule has 14 nitrogen and oxygen atoms in total. The fourth-order valence-electron chi connectivity index (χ4n) is 5.21. The summed E-state index contributed by atoms with van der Waals surface area (Å²) in [6.07, 6.45) is 0. The number of amides is 2. The summed E-state index contributed by atoms with van der Waals surface area (Å²) in [5, 5.41) is 8.73. The summed E-state index contributed by atoms with van der Waals surface area (Å²) < 4.78 is 28.6. The highest BCUT2D eigenvalue weighted by Gasteiger charge is 2.21. The van der Waals surface area contributed by atoms with Crippen molar-refractivity contribution in [2.24, 2.45) is 10.8 Å². The van der Waals surface area contributed by atoms with E-state index in [1.807, 2.05) is 25.9 Å². The molecule has 2 aromatic heterocycles. The second-order valence-electron chi connectivity index (χ2n) is 15.6. The molecule has 4 rings (SSSR count). The second-order valence-corrected chi connectivity index (χ2v) is 16.0. The third-order valence-corrected chi connectivity index (χ3v) is 8.04. The molecule has 2 aromatic carbocycles. The van der Waals surface area contributed by atoms with E-state index in [4.69, 9.17) is 24.7 Å². The van der Waals surface area contributed by atoms with Crippen LogP contribution < -0.4 is 31.8 Å². The Balaban J connectivity index is 0.000000519. The molecule has 0 saturated carbocycles. The first-order valence-electron chi connectivity index (χ1n) is 18.2. The van der Waals surface area contributed by atoms with Crippen LogP contribution in [0.4, 0.5) is 49.0 Å². The maximum Gasteiger partial charge on any atom is 0.274 e. The first-order valence-corrected chi connectivity index (χ1v) is 18.5. The topological polar surface area (TPSA) is 150 Å². The number of halogens is 4. The van der Waals surface area contributed by atoms with Crippen molar-refractivity contribution in [2.75, 3.05) is 56.9 Å². The molecule has 0 saturated heterocycles. The largest absolute Gasteiger partial charge is 0.368 e. The third kappa shape index (κ3) is 16.6. The summed E-state index contributed by atoms with van der Waals surface area (Å²) >= 11 is 5.82. The van der Waals surface area contributed by atoms with E-state index in [0.29, 0.717) is 40.3 Å². The van der Waals surface area contributed by atoms with Gasteiger partial charge in [-0.25, -0.2) is 39.4 Å². The van der Waals surface area contributed by atoms with Gasteiger partial charge in [-0.2, -0.15) is 0 Å². The monoisotopic (exact) mass is 870 g/mol. The number of pyridine rings is 2. The van der Waals surface area contributed by atoms with Crippen molar-refractivity contribution in [3.63, 3.8) is 0 Å². The first kappa shape index (κ1) is 52.4. The van der Waals surface area contributed by atoms with E-state index in [1.165, 1.54) is 26.4 Å². The Bertz CT molecular complexity index is 2180. The predicted molar refractivity (Wildman–Crippen MR) is 237 cm³/mol. The molecule has 0 bridgehead atoms. The molecule has 0 fully saturated rings. The number of aromatic nitrogens is 2. The smallest absolute Gasteiger partial charge is 0.274 e. The van der Waals surface area contributed by atoms with Gasteiger partial charge in [-0.05, 0) is 85.8 Å². The highest BCUT2D eigenvalue weighted by molar-refractivity contribution is 6.32. The van der Waals surface area contributed by atoms with E-state index in [-0.39, 0.29) is 46.0 Å². The number of hydrogen-bond acceptors (Lipinski definition) is 10. The van der Waals surface area contributed by atoms with Crippen LogP contribution in [0, 0.1) is 49.5 Å². The maximum atomic E-state index is 14.6. The predicted octanol–water partition coefficient (Wildman–Crippen LogP) is 10.0. The molecule has 0 atom stereocenters. The van der Waals surface area contributed by atoms with Crippen molar-refractivity contribution >= 4 is 76.0 Å². The molecule has 0 spiro atoms. The maximum absolute atomic E-state index is 14.6. The summed E-state index contributed by atoms with van der Waals surface area (Å²) in [6.45, 7) is 32.4. The molecule has 324 valence electrons. The number of benzene rings is 2. The lowest BCUT2D eigenvalue weighted by Gasteiger charge is -2.28. The van der Waals surface area contributed by atoms with Gasteiger partial charge in [0.1, 0.15) is 11.0 Å². The zero-order valence-electron chi connectivity index (χ0n) is 35.9. The molecular weight excluding hydrogens is 817 g/mol. The average molecular weight is 872 g/mol. The van der Waals surface area contributed by atoms with Crippen molar-refractivity contribution in [1.82, 2.24) is 26.2 Å². The average Bonchev–Trinajstić information content (AvgIpc) is 3.14. The molecule has 2 heterocycles. The molecule has 18 heteroatoms. The Kier molecular flexibility index (Phi) is 20.8. The normalized spacial score (nSPS) is 10.6. The van der Waals surface area contributed by atoms with Gasteiger partial charge < -0.3 is 20.9 Å². The van der Waals surface area contributed by atoms with Crippen molar-refractivity contribution in [2.45, 2.75) is 55.4 Å². The number of hydrogen-bond donors (Lipinski definition) is 5. The molecule has 0 aliphatic rings. The second kappa shape index (κ2) is 23.8. The van der Waals surface area contributed by atoms with Crippen LogP contribution in [0.2, 0.25) is 5.15 Å². The molecule has 2 amide bonds. The minimum absolute atomic E-state index is 0. The fraction of sp³-hybridized carbons (Fsp3) is 0.381. The summed E-state index contributed by atoms with van der Waals surface area (Å²) in [5.74, 6) is -1.97. The molecular formula is C42H54Cl2F2N10O4. The van der Waals surface area contributed by atoms with Crippen LogP contribution in [0.5, 0.6) is 0 Å². The van der Waals surface area contributed by atoms with Crippen LogP contribution in [-0.2, 0) is 9.68 Å². The highest BCUT2D eigenvalue weighted by atomic mass is 35.5. The lowest BCUT2D eigenvalue weighted by atomic mass is 9.96. The zero-order chi connectivity index (χ0) is 44.7. The Morgan fingerprint density at radius 2 is 1.20 bits per heavy atom. The Morgan fingerprint density at radius 1 is 0.767 bits per heavy atom. The molecule has 5 N–H and O–H groups in total. The SMILES string of the molecule is CNCC(C)(C)C.Cl.[C-]#[N+]c1cc(F)c(Nc2cc(C(=O)NOC)ccc2C)nc1Cl.[C-]#[N+]c1cc(F)c(Nc2cc(C(=O)NOC)ccc2C)nc1N(C)CC(C)(C)C. The van der Waals surface area contributed by atoms with E-state index < -0.39 is 23.4 Å². The van der Waals surface area contributed by atoms with Gasteiger partial charge in [-0.15, -0.1) is 12.4 Å². The first-order chi connectivity index (χ1) is 27.6. The molecule has 4 aromatic rings. The number of aryl methyl sites for hydroxylation is 2. The number of carbonyl (C=O) groups is 2. The van der Waals surface area contributed by atoms with E-state index >= 15 is 0 Å². The zero-order valence-corrected chi connectivity index (χ0v) is 37.5. The number of rotatable bonds is 11.